The van der Waals surface area contributed by atoms with Gasteiger partial charge in [0.05, 0.1) is 17.4 Å². The van der Waals surface area contributed by atoms with Gasteiger partial charge in [0.15, 0.2) is 0 Å². The van der Waals surface area contributed by atoms with Crippen LogP contribution in [0.3, 0.4) is 0 Å². The molecule has 0 unspecified atom stereocenters. The third-order valence-electron chi connectivity index (χ3n) is 3.03. The summed E-state index contributed by atoms with van der Waals surface area (Å²) in [6.07, 6.45) is 1.74. The molecule has 0 aliphatic rings. The Bertz CT molecular complexity index is 738. The molecule has 0 saturated heterocycles. The second kappa shape index (κ2) is 5.17. The highest BCUT2D eigenvalue weighted by atomic mass is 19.1. The largest absolute Gasteiger partial charge is 0.508 e. The Morgan fingerprint density at radius 2 is 1.95 bits per heavy atom. The lowest BCUT2D eigenvalue weighted by Gasteiger charge is -2.08. The molecule has 0 radical (unpaired) electrons. The fourth-order valence-electron chi connectivity index (χ4n) is 2.11. The maximum atomic E-state index is 13.2. The van der Waals surface area contributed by atoms with Crippen molar-refractivity contribution >= 4 is 16.6 Å². The number of phenols is 1. The van der Waals surface area contributed by atoms with Crippen LogP contribution in [0.4, 0.5) is 10.1 Å². The monoisotopic (exact) mass is 268 g/mol. The number of halogens is 1. The third-order valence-corrected chi connectivity index (χ3v) is 3.03. The molecule has 3 aromatic rings. The minimum atomic E-state index is -0.446. The zero-order chi connectivity index (χ0) is 13.9. The molecule has 2 aromatic carbocycles. The summed E-state index contributed by atoms with van der Waals surface area (Å²) >= 11 is 0. The number of aromatic nitrogens is 1. The number of anilines is 1. The average Bonchev–Trinajstić information content (AvgIpc) is 2.44. The van der Waals surface area contributed by atoms with E-state index in [0.29, 0.717) is 12.1 Å². The number of benzene rings is 2. The van der Waals surface area contributed by atoms with Crippen LogP contribution in [0, 0.1) is 5.82 Å². The Hall–Kier alpha value is -2.62. The minimum absolute atomic E-state index is 0.0709. The smallest absolute Gasteiger partial charge is 0.127 e. The maximum Gasteiger partial charge on any atom is 0.127 e. The molecular formula is C16H13FN2O. The van der Waals surface area contributed by atoms with Gasteiger partial charge in [0.1, 0.15) is 11.6 Å². The molecule has 1 heterocycles. The fraction of sp³-hybridized carbons (Fsp3) is 0.0625. The average molecular weight is 268 g/mol. The second-order valence-electron chi connectivity index (χ2n) is 4.59. The van der Waals surface area contributed by atoms with Crippen LogP contribution in [0.2, 0.25) is 0 Å². The van der Waals surface area contributed by atoms with Gasteiger partial charge in [-0.15, -0.1) is 0 Å². The van der Waals surface area contributed by atoms with E-state index in [1.54, 1.807) is 6.20 Å². The normalized spacial score (nSPS) is 10.7. The van der Waals surface area contributed by atoms with E-state index in [1.807, 2.05) is 30.3 Å². The summed E-state index contributed by atoms with van der Waals surface area (Å²) in [5.41, 5.74) is 2.46. The Balaban J connectivity index is 1.79. The molecule has 0 saturated carbocycles. The van der Waals surface area contributed by atoms with E-state index in [2.05, 4.69) is 10.3 Å². The van der Waals surface area contributed by atoms with Crippen molar-refractivity contribution in [1.82, 2.24) is 4.98 Å². The number of nitrogens with one attached hydrogen (secondary N) is 1. The van der Waals surface area contributed by atoms with Gasteiger partial charge in [-0.1, -0.05) is 18.2 Å². The first-order valence-corrected chi connectivity index (χ1v) is 6.28. The van der Waals surface area contributed by atoms with Crippen LogP contribution in [-0.4, -0.2) is 10.1 Å². The molecule has 0 bridgehead atoms. The van der Waals surface area contributed by atoms with Gasteiger partial charge in [-0.2, -0.15) is 0 Å². The van der Waals surface area contributed by atoms with Gasteiger partial charge >= 0.3 is 0 Å². The summed E-state index contributed by atoms with van der Waals surface area (Å²) in [7, 11) is 0. The Labute approximate surface area is 115 Å². The van der Waals surface area contributed by atoms with E-state index in [9.17, 15) is 9.50 Å². The lowest BCUT2D eigenvalue weighted by molar-refractivity contribution is 0.468. The second-order valence-corrected chi connectivity index (χ2v) is 4.59. The molecule has 20 heavy (non-hydrogen) atoms. The first-order chi connectivity index (χ1) is 9.70. The number of nitrogens with zero attached hydrogens (tertiary/aromatic N) is 1. The van der Waals surface area contributed by atoms with Crippen LogP contribution in [0.5, 0.6) is 5.75 Å². The molecule has 0 aliphatic heterocycles. The molecule has 0 amide bonds. The maximum absolute atomic E-state index is 13.2. The van der Waals surface area contributed by atoms with Crippen molar-refractivity contribution in [2.45, 2.75) is 6.54 Å². The van der Waals surface area contributed by atoms with Crippen molar-refractivity contribution in [2.75, 3.05) is 5.32 Å². The molecular weight excluding hydrogens is 255 g/mol. The predicted molar refractivity (Wildman–Crippen MR) is 77.1 cm³/mol. The van der Waals surface area contributed by atoms with Gasteiger partial charge in [0.25, 0.3) is 0 Å². The van der Waals surface area contributed by atoms with Gasteiger partial charge in [0.2, 0.25) is 0 Å². The van der Waals surface area contributed by atoms with E-state index < -0.39 is 5.82 Å². The van der Waals surface area contributed by atoms with Crippen LogP contribution >= 0.6 is 0 Å². The molecule has 0 spiro atoms. The van der Waals surface area contributed by atoms with Crippen LogP contribution in [0.25, 0.3) is 10.9 Å². The van der Waals surface area contributed by atoms with Crippen molar-refractivity contribution in [3.05, 3.63) is 66.1 Å². The topological polar surface area (TPSA) is 45.1 Å². The number of aromatic hydroxyl groups is 1. The number of hydrogen-bond acceptors (Lipinski definition) is 3. The van der Waals surface area contributed by atoms with E-state index in [4.69, 9.17) is 0 Å². The van der Waals surface area contributed by atoms with E-state index >= 15 is 0 Å². The van der Waals surface area contributed by atoms with Gasteiger partial charge in [-0.3, -0.25) is 4.98 Å². The zero-order valence-electron chi connectivity index (χ0n) is 10.7. The highest BCUT2D eigenvalue weighted by Crippen LogP contribution is 2.18. The number of pyridine rings is 1. The number of fused-ring (bicyclic) bond motifs is 1. The Kier molecular flexibility index (Phi) is 3.21. The highest BCUT2D eigenvalue weighted by molar-refractivity contribution is 5.81. The molecule has 2 N–H and O–H groups in total. The number of phenolic OH excluding ortho intramolecular Hbond substituents is 1. The van der Waals surface area contributed by atoms with E-state index in [0.717, 1.165) is 22.7 Å². The lowest BCUT2D eigenvalue weighted by Crippen LogP contribution is -2.00. The van der Waals surface area contributed by atoms with Crippen molar-refractivity contribution in [1.29, 1.82) is 0 Å². The summed E-state index contributed by atoms with van der Waals surface area (Å²) in [5, 5.41) is 13.6. The summed E-state index contributed by atoms with van der Waals surface area (Å²) in [5.74, 6) is -0.517. The van der Waals surface area contributed by atoms with Crippen molar-refractivity contribution in [3.8, 4) is 5.75 Å². The predicted octanol–water partition coefficient (Wildman–Crippen LogP) is 3.69. The van der Waals surface area contributed by atoms with Gasteiger partial charge in [-0.25, -0.2) is 4.39 Å². The van der Waals surface area contributed by atoms with Crippen molar-refractivity contribution < 1.29 is 9.50 Å². The molecule has 1 aromatic heterocycles. The van der Waals surface area contributed by atoms with Crippen LogP contribution in [-0.2, 0) is 6.54 Å². The minimum Gasteiger partial charge on any atom is -0.508 e. The molecule has 0 atom stereocenters. The number of para-hydroxylation sites is 1. The van der Waals surface area contributed by atoms with Crippen LogP contribution in [0.15, 0.2) is 54.7 Å². The van der Waals surface area contributed by atoms with E-state index in [1.165, 1.54) is 12.1 Å². The summed E-state index contributed by atoms with van der Waals surface area (Å²) in [6, 6.07) is 13.8. The van der Waals surface area contributed by atoms with Gasteiger partial charge in [-0.05, 0) is 29.8 Å². The van der Waals surface area contributed by atoms with Crippen molar-refractivity contribution in [2.24, 2.45) is 0 Å². The SMILES string of the molecule is Oc1cc(F)cc(CNc2cnc3ccccc3c2)c1. The highest BCUT2D eigenvalue weighted by Gasteiger charge is 2.01. The van der Waals surface area contributed by atoms with Crippen molar-refractivity contribution in [3.63, 3.8) is 0 Å². The summed E-state index contributed by atoms with van der Waals surface area (Å²) in [6.45, 7) is 0.422. The van der Waals surface area contributed by atoms with Gasteiger partial charge in [0, 0.05) is 18.0 Å². The Morgan fingerprint density at radius 3 is 2.80 bits per heavy atom. The van der Waals surface area contributed by atoms with E-state index in [-0.39, 0.29) is 5.75 Å². The molecule has 0 aliphatic carbocycles. The van der Waals surface area contributed by atoms with Crippen LogP contribution in [0.1, 0.15) is 5.56 Å². The summed E-state index contributed by atoms with van der Waals surface area (Å²) < 4.78 is 13.2. The summed E-state index contributed by atoms with van der Waals surface area (Å²) in [4.78, 5) is 4.34. The molecule has 4 heteroatoms. The Morgan fingerprint density at radius 1 is 1.10 bits per heavy atom. The number of hydrogen-bond donors (Lipinski definition) is 2. The third kappa shape index (κ3) is 2.69. The first kappa shape index (κ1) is 12.4. The molecule has 3 rings (SSSR count). The fourth-order valence-corrected chi connectivity index (χ4v) is 2.11. The quantitative estimate of drug-likeness (QED) is 0.761. The lowest BCUT2D eigenvalue weighted by atomic mass is 10.2. The molecule has 100 valence electrons. The van der Waals surface area contributed by atoms with Gasteiger partial charge < -0.3 is 10.4 Å². The zero-order valence-corrected chi connectivity index (χ0v) is 10.7. The number of rotatable bonds is 3. The molecule has 0 fully saturated rings. The van der Waals surface area contributed by atoms with Crippen LogP contribution < -0.4 is 5.32 Å². The standard InChI is InChI=1S/C16H13FN2O/c17-13-5-11(6-15(20)8-13)9-18-14-7-12-3-1-2-4-16(12)19-10-14/h1-8,10,18,20H,9H2. The first-order valence-electron chi connectivity index (χ1n) is 6.28. The molecule has 3 nitrogen and oxygen atoms in total.